The number of H-pyrrole nitrogens is 1. The fourth-order valence-electron chi connectivity index (χ4n) is 6.34. The summed E-state index contributed by atoms with van der Waals surface area (Å²) in [6.07, 6.45) is 2.11. The average Bonchev–Trinajstić information content (AvgIpc) is 3.93. The van der Waals surface area contributed by atoms with Gasteiger partial charge in [-0.05, 0) is 117 Å². The lowest BCUT2D eigenvalue weighted by molar-refractivity contribution is 0.275. The summed E-state index contributed by atoms with van der Waals surface area (Å²) < 4.78 is 19.4. The van der Waals surface area contributed by atoms with Crippen molar-refractivity contribution in [2.24, 2.45) is 0 Å². The minimum atomic E-state index is -1.07. The van der Waals surface area contributed by atoms with Gasteiger partial charge >= 0.3 is 14.2 Å². The zero-order chi connectivity index (χ0) is 33.1. The van der Waals surface area contributed by atoms with Crippen LogP contribution in [0.3, 0.4) is 0 Å². The van der Waals surface area contributed by atoms with Crippen molar-refractivity contribution in [1.29, 1.82) is 0 Å². The highest BCUT2D eigenvalue weighted by Gasteiger charge is 2.32. The van der Waals surface area contributed by atoms with Gasteiger partial charge in [0.1, 0.15) is 11.5 Å². The summed E-state index contributed by atoms with van der Waals surface area (Å²) >= 11 is 8.11. The van der Waals surface area contributed by atoms with Crippen molar-refractivity contribution in [3.05, 3.63) is 119 Å². The Morgan fingerprint density at radius 2 is 1.61 bits per heavy atom. The Morgan fingerprint density at radius 1 is 0.816 bits per heavy atom. The predicted octanol–water partition coefficient (Wildman–Crippen LogP) is 5.51. The van der Waals surface area contributed by atoms with E-state index in [4.69, 9.17) is 25.6 Å². The van der Waals surface area contributed by atoms with Gasteiger partial charge in [-0.1, -0.05) is 41.6 Å². The number of aromatic amines is 1. The van der Waals surface area contributed by atoms with Gasteiger partial charge in [-0.15, -0.1) is 5.10 Å². The van der Waals surface area contributed by atoms with Crippen molar-refractivity contribution >= 4 is 59.4 Å². The van der Waals surface area contributed by atoms with E-state index in [2.05, 4.69) is 55.7 Å². The molecule has 0 aliphatic carbocycles. The lowest BCUT2D eigenvalue weighted by atomic mass is 9.78. The number of benzene rings is 5. The van der Waals surface area contributed by atoms with Gasteiger partial charge in [0.25, 0.3) is 0 Å². The van der Waals surface area contributed by atoms with Gasteiger partial charge in [-0.25, -0.2) is 5.10 Å². The number of fused-ring (bicyclic) bond motifs is 3. The van der Waals surface area contributed by atoms with Crippen molar-refractivity contribution in [2.45, 2.75) is 23.0 Å². The standard InChI is InChI=1S/C35H24B2ClN5O5S/c38-25-6-12-31-29(15-25)33(17-43(31)26-7-1-22-18-46-36(44)30(22)16-26)49-28-10-4-20(5-11-28)23-13-24-19-47-37(45)34(24)32(14-23)48-27-8-2-21(3-9-27)35-39-41-42-40-35/h1-17,44-45H,18-19H2,(H,39,40,41,42). The maximum Gasteiger partial charge on any atom is 0.495 e. The number of nitrogens with one attached hydrogen (secondary N) is 1. The second-order valence-electron chi connectivity index (χ2n) is 11.8. The summed E-state index contributed by atoms with van der Waals surface area (Å²) in [4.78, 5) is 2.10. The van der Waals surface area contributed by atoms with E-state index in [1.165, 1.54) is 0 Å². The number of hydrogen-bond donors (Lipinski definition) is 3. The van der Waals surface area contributed by atoms with Crippen molar-refractivity contribution in [3.63, 3.8) is 0 Å². The summed E-state index contributed by atoms with van der Waals surface area (Å²) in [5, 5.41) is 36.6. The predicted molar refractivity (Wildman–Crippen MR) is 189 cm³/mol. The van der Waals surface area contributed by atoms with Gasteiger partial charge in [-0.2, -0.15) is 0 Å². The molecular formula is C35H24B2ClN5O5S. The van der Waals surface area contributed by atoms with Crippen molar-refractivity contribution < 1.29 is 24.1 Å². The first kappa shape index (κ1) is 30.2. The van der Waals surface area contributed by atoms with Crippen molar-refractivity contribution in [2.75, 3.05) is 0 Å². The molecule has 2 aliphatic rings. The molecule has 2 aliphatic heterocycles. The maximum absolute atomic E-state index is 10.6. The van der Waals surface area contributed by atoms with E-state index in [9.17, 15) is 10.0 Å². The number of tetrazole rings is 1. The quantitative estimate of drug-likeness (QED) is 0.187. The van der Waals surface area contributed by atoms with E-state index in [1.54, 1.807) is 11.8 Å². The number of hydrogen-bond acceptors (Lipinski definition) is 9. The molecule has 9 rings (SSSR count). The lowest BCUT2D eigenvalue weighted by Crippen LogP contribution is -2.29. The highest BCUT2D eigenvalue weighted by molar-refractivity contribution is 7.99. The van der Waals surface area contributed by atoms with Crippen LogP contribution >= 0.6 is 23.4 Å². The molecule has 49 heavy (non-hydrogen) atoms. The van der Waals surface area contributed by atoms with Gasteiger partial charge in [-0.3, -0.25) is 0 Å². The average molecular weight is 684 g/mol. The molecule has 0 amide bonds. The lowest BCUT2D eigenvalue weighted by Gasteiger charge is -2.14. The largest absolute Gasteiger partial charge is 0.495 e. The first-order valence-electron chi connectivity index (χ1n) is 15.5. The summed E-state index contributed by atoms with van der Waals surface area (Å²) in [6.45, 7) is 0.692. The molecule has 0 radical (unpaired) electrons. The number of halogens is 1. The van der Waals surface area contributed by atoms with Gasteiger partial charge < -0.3 is 28.7 Å². The molecule has 0 fully saturated rings. The minimum absolute atomic E-state index is 0.287. The smallest absolute Gasteiger partial charge is 0.458 e. The number of nitrogens with zero attached hydrogens (tertiary/aromatic N) is 4. The summed E-state index contributed by atoms with van der Waals surface area (Å²) in [6, 6.07) is 31.6. The third kappa shape index (κ3) is 5.60. The van der Waals surface area contributed by atoms with Crippen molar-refractivity contribution in [1.82, 2.24) is 25.2 Å². The molecule has 0 bridgehead atoms. The molecule has 2 aromatic heterocycles. The van der Waals surface area contributed by atoms with E-state index in [0.29, 0.717) is 34.4 Å². The summed E-state index contributed by atoms with van der Waals surface area (Å²) in [5.74, 6) is 1.69. The molecule has 0 spiro atoms. The maximum atomic E-state index is 10.6. The molecule has 14 heteroatoms. The topological polar surface area (TPSA) is 128 Å². The van der Waals surface area contributed by atoms with E-state index in [-0.39, 0.29) is 6.61 Å². The molecule has 0 saturated heterocycles. The van der Waals surface area contributed by atoms with Crippen LogP contribution < -0.4 is 15.7 Å². The Hall–Kier alpha value is -4.88. The molecule has 238 valence electrons. The number of aromatic nitrogens is 5. The minimum Gasteiger partial charge on any atom is -0.458 e. The van der Waals surface area contributed by atoms with Crippen LogP contribution in [0.25, 0.3) is 39.1 Å². The molecule has 4 heterocycles. The van der Waals surface area contributed by atoms with Gasteiger partial charge in [0.15, 0.2) is 5.82 Å². The second kappa shape index (κ2) is 12.2. The monoisotopic (exact) mass is 683 g/mol. The number of rotatable bonds is 7. The zero-order valence-corrected chi connectivity index (χ0v) is 27.2. The normalized spacial score (nSPS) is 13.7. The van der Waals surface area contributed by atoms with Crippen LogP contribution in [0.15, 0.2) is 113 Å². The van der Waals surface area contributed by atoms with Crippen LogP contribution in [-0.2, 0) is 22.5 Å². The van der Waals surface area contributed by atoms with Crippen LogP contribution in [0.1, 0.15) is 11.1 Å². The van der Waals surface area contributed by atoms with Gasteiger partial charge in [0.05, 0.1) is 18.7 Å². The van der Waals surface area contributed by atoms with Crippen LogP contribution in [-0.4, -0.2) is 49.5 Å². The molecular weight excluding hydrogens is 660 g/mol. The third-order valence-corrected chi connectivity index (χ3v) is 10.1. The Labute approximate surface area is 289 Å². The van der Waals surface area contributed by atoms with E-state index >= 15 is 0 Å². The third-order valence-electron chi connectivity index (χ3n) is 8.79. The second-order valence-corrected chi connectivity index (χ2v) is 13.3. The van der Waals surface area contributed by atoms with E-state index in [1.807, 2.05) is 72.8 Å². The van der Waals surface area contributed by atoms with Crippen molar-refractivity contribution in [3.8, 4) is 39.7 Å². The van der Waals surface area contributed by atoms with Crippen LogP contribution in [0.2, 0.25) is 5.02 Å². The van der Waals surface area contributed by atoms with Crippen LogP contribution in [0, 0.1) is 0 Å². The Balaban J connectivity index is 1.01. The fraction of sp³-hybridized carbons (Fsp3) is 0.0571. The molecule has 10 nitrogen and oxygen atoms in total. The SMILES string of the molecule is OB1OCc2ccc(-n3cc(Sc4ccc(-c5cc6c(c(Oc7ccc(-c8nnn[nH]8)cc7)c5)B(O)OC6)cc4)c4cc(Cl)ccc43)cc21. The highest BCUT2D eigenvalue weighted by atomic mass is 35.5. The number of ether oxygens (including phenoxy) is 1. The fourth-order valence-corrected chi connectivity index (χ4v) is 7.47. The Bertz CT molecular complexity index is 2360. The van der Waals surface area contributed by atoms with E-state index < -0.39 is 14.2 Å². The molecule has 7 aromatic rings. The molecule has 0 atom stereocenters. The van der Waals surface area contributed by atoms with E-state index in [0.717, 1.165) is 59.7 Å². The Kier molecular flexibility index (Phi) is 7.53. The molecule has 0 unspecified atom stereocenters. The van der Waals surface area contributed by atoms with Crippen LogP contribution in [0.5, 0.6) is 11.5 Å². The zero-order valence-electron chi connectivity index (χ0n) is 25.6. The molecule has 3 N–H and O–H groups in total. The first-order valence-corrected chi connectivity index (χ1v) is 16.7. The van der Waals surface area contributed by atoms with Gasteiger partial charge in [0, 0.05) is 43.1 Å². The van der Waals surface area contributed by atoms with Gasteiger partial charge in [0.2, 0.25) is 0 Å². The summed E-state index contributed by atoms with van der Waals surface area (Å²) in [7, 11) is -1.98. The molecule has 0 saturated carbocycles. The first-order chi connectivity index (χ1) is 24.0. The molecule has 5 aromatic carbocycles. The van der Waals surface area contributed by atoms with Crippen LogP contribution in [0.4, 0.5) is 0 Å². The Morgan fingerprint density at radius 3 is 2.43 bits per heavy atom. The summed E-state index contributed by atoms with van der Waals surface area (Å²) in [5.41, 5.74) is 7.99. The highest BCUT2D eigenvalue weighted by Crippen LogP contribution is 2.39.